The van der Waals surface area contributed by atoms with E-state index in [2.05, 4.69) is 31.9 Å². The minimum absolute atomic E-state index is 0.0548. The maximum absolute atomic E-state index is 6.00. The third-order valence-corrected chi connectivity index (χ3v) is 4.71. The van der Waals surface area contributed by atoms with Crippen LogP contribution < -0.4 is 9.47 Å². The molecule has 0 radical (unpaired) electrons. The second-order valence-corrected chi connectivity index (χ2v) is 6.56. The van der Waals surface area contributed by atoms with E-state index in [4.69, 9.17) is 18.9 Å². The molecule has 4 nitrogen and oxygen atoms in total. The SMILES string of the molecule is COCCOC1C(Br)CC1Oc1ccc(OC)cc1Br. The van der Waals surface area contributed by atoms with Crippen molar-refractivity contribution in [3.63, 3.8) is 0 Å². The quantitative estimate of drug-likeness (QED) is 0.510. The smallest absolute Gasteiger partial charge is 0.134 e. The van der Waals surface area contributed by atoms with Crippen molar-refractivity contribution in [2.75, 3.05) is 27.4 Å². The van der Waals surface area contributed by atoms with Crippen LogP contribution in [-0.4, -0.2) is 44.5 Å². The molecule has 0 aliphatic heterocycles. The molecule has 1 aromatic carbocycles. The van der Waals surface area contributed by atoms with Crippen LogP contribution in [0.5, 0.6) is 11.5 Å². The van der Waals surface area contributed by atoms with E-state index in [1.165, 1.54) is 0 Å². The fourth-order valence-electron chi connectivity index (χ4n) is 1.99. The molecule has 3 unspecified atom stereocenters. The summed E-state index contributed by atoms with van der Waals surface area (Å²) >= 11 is 7.09. The molecule has 6 heteroatoms. The highest BCUT2D eigenvalue weighted by atomic mass is 79.9. The number of ether oxygens (including phenoxy) is 4. The fourth-order valence-corrected chi connectivity index (χ4v) is 3.30. The number of methoxy groups -OCH3 is 2. The first-order valence-corrected chi connectivity index (χ1v) is 8.11. The zero-order chi connectivity index (χ0) is 14.5. The highest BCUT2D eigenvalue weighted by molar-refractivity contribution is 9.10. The summed E-state index contributed by atoms with van der Waals surface area (Å²) in [5, 5.41) is 0. The number of halogens is 2. The Balaban J connectivity index is 1.92. The fraction of sp³-hybridized carbons (Fsp3) is 0.571. The molecule has 1 saturated carbocycles. The van der Waals surface area contributed by atoms with Crippen molar-refractivity contribution in [2.45, 2.75) is 23.5 Å². The van der Waals surface area contributed by atoms with E-state index < -0.39 is 0 Å². The lowest BCUT2D eigenvalue weighted by Crippen LogP contribution is -2.52. The monoisotopic (exact) mass is 408 g/mol. The zero-order valence-electron chi connectivity index (χ0n) is 11.5. The van der Waals surface area contributed by atoms with Crippen LogP contribution in [0.15, 0.2) is 22.7 Å². The molecule has 0 bridgehead atoms. The molecule has 1 aliphatic carbocycles. The van der Waals surface area contributed by atoms with Crippen LogP contribution in [-0.2, 0) is 9.47 Å². The van der Waals surface area contributed by atoms with Gasteiger partial charge in [-0.25, -0.2) is 0 Å². The second-order valence-electron chi connectivity index (χ2n) is 4.53. The average molecular weight is 410 g/mol. The molecule has 0 spiro atoms. The van der Waals surface area contributed by atoms with Gasteiger partial charge in [0, 0.05) is 18.4 Å². The first kappa shape index (κ1) is 16.1. The van der Waals surface area contributed by atoms with Crippen molar-refractivity contribution in [1.29, 1.82) is 0 Å². The van der Waals surface area contributed by atoms with Gasteiger partial charge in [-0.3, -0.25) is 0 Å². The highest BCUT2D eigenvalue weighted by Gasteiger charge is 2.42. The van der Waals surface area contributed by atoms with E-state index in [-0.39, 0.29) is 12.2 Å². The number of benzene rings is 1. The molecule has 112 valence electrons. The summed E-state index contributed by atoms with van der Waals surface area (Å²) in [4.78, 5) is 0.335. The molecule has 1 aromatic rings. The Hall–Kier alpha value is -0.300. The average Bonchev–Trinajstić information content (AvgIpc) is 2.44. The van der Waals surface area contributed by atoms with Gasteiger partial charge in [0.2, 0.25) is 0 Å². The highest BCUT2D eigenvalue weighted by Crippen LogP contribution is 2.37. The molecule has 1 aliphatic rings. The zero-order valence-corrected chi connectivity index (χ0v) is 14.6. The Kier molecular flexibility index (Phi) is 6.14. The van der Waals surface area contributed by atoms with Crippen LogP contribution in [0.2, 0.25) is 0 Å². The largest absolute Gasteiger partial charge is 0.497 e. The van der Waals surface area contributed by atoms with Gasteiger partial charge in [0.1, 0.15) is 23.7 Å². The molecule has 1 fully saturated rings. The third kappa shape index (κ3) is 3.87. The molecule has 20 heavy (non-hydrogen) atoms. The molecule has 3 atom stereocenters. The van der Waals surface area contributed by atoms with Crippen molar-refractivity contribution in [3.05, 3.63) is 22.7 Å². The lowest BCUT2D eigenvalue weighted by Gasteiger charge is -2.41. The van der Waals surface area contributed by atoms with Gasteiger partial charge in [-0.15, -0.1) is 0 Å². The van der Waals surface area contributed by atoms with Crippen LogP contribution in [0, 0.1) is 0 Å². The first-order chi connectivity index (χ1) is 9.65. The molecule has 2 rings (SSSR count). The molecular weight excluding hydrogens is 392 g/mol. The van der Waals surface area contributed by atoms with E-state index in [0.717, 1.165) is 22.4 Å². The van der Waals surface area contributed by atoms with E-state index in [1.54, 1.807) is 14.2 Å². The summed E-state index contributed by atoms with van der Waals surface area (Å²) in [5.41, 5.74) is 0. The third-order valence-electron chi connectivity index (χ3n) is 3.20. The maximum atomic E-state index is 6.00. The van der Waals surface area contributed by atoms with Crippen molar-refractivity contribution in [1.82, 2.24) is 0 Å². The molecular formula is C14H18Br2O4. The summed E-state index contributed by atoms with van der Waals surface area (Å²) < 4.78 is 22.8. The maximum Gasteiger partial charge on any atom is 0.134 e. The van der Waals surface area contributed by atoms with E-state index in [0.29, 0.717) is 18.0 Å². The van der Waals surface area contributed by atoms with Crippen molar-refractivity contribution in [3.8, 4) is 11.5 Å². The lowest BCUT2D eigenvalue weighted by atomic mass is 9.91. The normalized spacial score (nSPS) is 25.1. The minimum Gasteiger partial charge on any atom is -0.497 e. The first-order valence-electron chi connectivity index (χ1n) is 6.40. The van der Waals surface area contributed by atoms with E-state index >= 15 is 0 Å². The summed E-state index contributed by atoms with van der Waals surface area (Å²) in [6.07, 6.45) is 1.04. The summed E-state index contributed by atoms with van der Waals surface area (Å²) in [5.74, 6) is 1.60. The Bertz CT molecular complexity index is 441. The van der Waals surface area contributed by atoms with E-state index in [1.807, 2.05) is 18.2 Å². The summed E-state index contributed by atoms with van der Waals surface area (Å²) in [6.45, 7) is 1.17. The Morgan fingerprint density at radius 2 is 2.05 bits per heavy atom. The van der Waals surface area contributed by atoms with E-state index in [9.17, 15) is 0 Å². The van der Waals surface area contributed by atoms with Gasteiger partial charge in [0.15, 0.2) is 0 Å². The lowest BCUT2D eigenvalue weighted by molar-refractivity contribution is -0.0867. The van der Waals surface area contributed by atoms with Gasteiger partial charge in [-0.05, 0) is 34.1 Å². The molecule has 0 N–H and O–H groups in total. The van der Waals surface area contributed by atoms with Crippen LogP contribution in [0.1, 0.15) is 6.42 Å². The second kappa shape index (κ2) is 7.64. The van der Waals surface area contributed by atoms with Crippen molar-refractivity contribution in [2.24, 2.45) is 0 Å². The van der Waals surface area contributed by atoms with Crippen LogP contribution in [0.4, 0.5) is 0 Å². The molecule has 0 heterocycles. The van der Waals surface area contributed by atoms with Crippen LogP contribution in [0.25, 0.3) is 0 Å². The van der Waals surface area contributed by atoms with Gasteiger partial charge in [-0.2, -0.15) is 0 Å². The van der Waals surface area contributed by atoms with Gasteiger partial charge in [0.25, 0.3) is 0 Å². The topological polar surface area (TPSA) is 36.9 Å². The number of rotatable bonds is 7. The molecule has 0 amide bonds. The van der Waals surface area contributed by atoms with Crippen molar-refractivity contribution < 1.29 is 18.9 Å². The van der Waals surface area contributed by atoms with Gasteiger partial charge in [0.05, 0.1) is 24.8 Å². The minimum atomic E-state index is 0.0548. The number of hydrogen-bond donors (Lipinski definition) is 0. The number of hydrogen-bond acceptors (Lipinski definition) is 4. The van der Waals surface area contributed by atoms with Crippen LogP contribution in [0.3, 0.4) is 0 Å². The molecule has 0 saturated heterocycles. The summed E-state index contributed by atoms with van der Waals surface area (Å²) in [6, 6.07) is 5.67. The van der Waals surface area contributed by atoms with Gasteiger partial charge >= 0.3 is 0 Å². The molecule has 0 aromatic heterocycles. The van der Waals surface area contributed by atoms with Gasteiger partial charge < -0.3 is 18.9 Å². The standard InChI is InChI=1S/C14H18Br2O4/c1-17-5-6-19-14-11(16)8-13(14)20-12-4-3-9(18-2)7-10(12)15/h3-4,7,11,13-14H,5-6,8H2,1-2H3. The number of alkyl halides is 1. The van der Waals surface area contributed by atoms with Crippen molar-refractivity contribution >= 4 is 31.9 Å². The predicted molar refractivity (Wildman–Crippen MR) is 84.1 cm³/mol. The van der Waals surface area contributed by atoms with Gasteiger partial charge in [-0.1, -0.05) is 15.9 Å². The predicted octanol–water partition coefficient (Wildman–Crippen LogP) is 3.40. The Morgan fingerprint density at radius 1 is 1.25 bits per heavy atom. The van der Waals surface area contributed by atoms with Crippen LogP contribution >= 0.6 is 31.9 Å². The Morgan fingerprint density at radius 3 is 2.65 bits per heavy atom. The summed E-state index contributed by atoms with van der Waals surface area (Å²) in [7, 11) is 3.31. The Labute approximate surface area is 136 Å².